The van der Waals surface area contributed by atoms with E-state index in [1.165, 1.54) is 18.0 Å². The van der Waals surface area contributed by atoms with Gasteiger partial charge in [-0.2, -0.15) is 5.26 Å². The fourth-order valence-electron chi connectivity index (χ4n) is 2.22. The van der Waals surface area contributed by atoms with Gasteiger partial charge in [0, 0.05) is 11.9 Å². The van der Waals surface area contributed by atoms with Gasteiger partial charge in [-0.25, -0.2) is 0 Å². The molecule has 22 heavy (non-hydrogen) atoms. The fourth-order valence-corrected chi connectivity index (χ4v) is 3.09. The number of thioether (sulfide) groups is 1. The van der Waals surface area contributed by atoms with Crippen LogP contribution in [0, 0.1) is 11.3 Å². The van der Waals surface area contributed by atoms with Gasteiger partial charge >= 0.3 is 11.1 Å². The van der Waals surface area contributed by atoms with Crippen molar-refractivity contribution in [2.45, 2.75) is 10.8 Å². The molecule has 0 unspecified atom stereocenters. The first-order valence-corrected chi connectivity index (χ1v) is 7.53. The van der Waals surface area contributed by atoms with E-state index in [0.717, 1.165) is 16.3 Å². The first kappa shape index (κ1) is 14.2. The Labute approximate surface area is 129 Å². The quantitative estimate of drug-likeness (QED) is 0.574. The number of hydrogen-bond donors (Lipinski definition) is 2. The van der Waals surface area contributed by atoms with Crippen molar-refractivity contribution >= 4 is 22.5 Å². The highest BCUT2D eigenvalue weighted by atomic mass is 32.2. The lowest BCUT2D eigenvalue weighted by atomic mass is 10.0. The Hall–Kier alpha value is -2.78. The minimum absolute atomic E-state index is 0.595. The van der Waals surface area contributed by atoms with Crippen LogP contribution in [0.5, 0.6) is 0 Å². The largest absolute Gasteiger partial charge is 0.322 e. The normalized spacial score (nSPS) is 10.5. The topological polar surface area (TPSA) is 89.5 Å². The number of aromatic amines is 2. The molecule has 2 aromatic carbocycles. The second-order valence-electron chi connectivity index (χ2n) is 4.65. The van der Waals surface area contributed by atoms with Gasteiger partial charge in [-0.1, -0.05) is 30.3 Å². The maximum Gasteiger partial charge on any atom is 0.314 e. The van der Waals surface area contributed by atoms with E-state index in [-0.39, 0.29) is 0 Å². The number of aromatic nitrogens is 2. The Kier molecular flexibility index (Phi) is 3.81. The van der Waals surface area contributed by atoms with Crippen LogP contribution in [0.1, 0.15) is 11.1 Å². The number of benzene rings is 2. The summed E-state index contributed by atoms with van der Waals surface area (Å²) in [5, 5.41) is 11.7. The van der Waals surface area contributed by atoms with Gasteiger partial charge in [0.1, 0.15) is 0 Å². The minimum atomic E-state index is -0.659. The van der Waals surface area contributed by atoms with Crippen LogP contribution in [-0.4, -0.2) is 9.97 Å². The molecule has 1 aromatic heterocycles. The number of H-pyrrole nitrogens is 2. The van der Waals surface area contributed by atoms with Crippen LogP contribution in [0.2, 0.25) is 0 Å². The van der Waals surface area contributed by atoms with Crippen molar-refractivity contribution in [1.29, 1.82) is 5.26 Å². The zero-order valence-electron chi connectivity index (χ0n) is 11.4. The molecule has 3 aromatic rings. The number of nitrogens with one attached hydrogen (secondary N) is 2. The molecule has 0 saturated carbocycles. The van der Waals surface area contributed by atoms with Gasteiger partial charge < -0.3 is 9.97 Å². The van der Waals surface area contributed by atoms with Gasteiger partial charge in [0.2, 0.25) is 0 Å². The van der Waals surface area contributed by atoms with Gasteiger partial charge in [-0.3, -0.25) is 9.59 Å². The van der Waals surface area contributed by atoms with Gasteiger partial charge in [0.25, 0.3) is 0 Å². The maximum absolute atomic E-state index is 11.3. The van der Waals surface area contributed by atoms with Gasteiger partial charge in [-0.15, -0.1) is 11.8 Å². The zero-order chi connectivity index (χ0) is 15.5. The van der Waals surface area contributed by atoms with Crippen molar-refractivity contribution in [3.8, 4) is 6.07 Å². The molecule has 0 aliphatic carbocycles. The lowest BCUT2D eigenvalue weighted by molar-refractivity contribution is 0.971. The van der Waals surface area contributed by atoms with E-state index in [2.05, 4.69) is 16.0 Å². The number of hydrogen-bond acceptors (Lipinski definition) is 4. The molecule has 3 rings (SSSR count). The number of nitriles is 1. The minimum Gasteiger partial charge on any atom is -0.322 e. The molecule has 0 radical (unpaired) electrons. The van der Waals surface area contributed by atoms with Gasteiger partial charge in [0.15, 0.2) is 0 Å². The summed E-state index contributed by atoms with van der Waals surface area (Å²) in [7, 11) is 0. The first-order chi connectivity index (χ1) is 10.7. The predicted octanol–water partition coefficient (Wildman–Crippen LogP) is 2.38. The third kappa shape index (κ3) is 2.67. The van der Waals surface area contributed by atoms with Crippen LogP contribution in [0.4, 0.5) is 0 Å². The van der Waals surface area contributed by atoms with Crippen molar-refractivity contribution in [3.05, 3.63) is 74.4 Å². The van der Waals surface area contributed by atoms with E-state index < -0.39 is 11.1 Å². The van der Waals surface area contributed by atoms with Crippen LogP contribution in [0.15, 0.2) is 57.2 Å². The standard InChI is InChI=1S/C16H11N3O2S/c17-7-10-5-6-11(13-4-2-1-3-12(10)13)9-22-14-8-18-15(20)16(21)19-14/h1-6,8H,9H2,(H,18,20)(H,19,21). The second kappa shape index (κ2) is 5.92. The molecule has 1 heterocycles. The highest BCUT2D eigenvalue weighted by Crippen LogP contribution is 2.27. The Bertz CT molecular complexity index is 998. The SMILES string of the molecule is N#Cc1ccc(CSc2c[nH]c(=O)c(=O)[nH]2)c2ccccc12. The van der Waals surface area contributed by atoms with Gasteiger partial charge in [0.05, 0.1) is 16.7 Å². The molecule has 5 nitrogen and oxygen atoms in total. The number of fused-ring (bicyclic) bond motifs is 1. The first-order valence-electron chi connectivity index (χ1n) is 6.54. The molecule has 0 aliphatic rings. The van der Waals surface area contributed by atoms with Crippen LogP contribution in [0.25, 0.3) is 10.8 Å². The summed E-state index contributed by atoms with van der Waals surface area (Å²) >= 11 is 1.42. The van der Waals surface area contributed by atoms with Crippen molar-refractivity contribution < 1.29 is 0 Å². The number of rotatable bonds is 3. The van der Waals surface area contributed by atoms with E-state index >= 15 is 0 Å². The van der Waals surface area contributed by atoms with E-state index in [4.69, 9.17) is 5.26 Å². The third-order valence-electron chi connectivity index (χ3n) is 3.30. The third-order valence-corrected chi connectivity index (χ3v) is 4.28. The smallest absolute Gasteiger partial charge is 0.314 e. The van der Waals surface area contributed by atoms with Crippen molar-refractivity contribution in [2.24, 2.45) is 0 Å². The Morgan fingerprint density at radius 3 is 2.55 bits per heavy atom. The Balaban J connectivity index is 1.94. The molecular formula is C16H11N3O2S. The molecule has 6 heteroatoms. The molecule has 0 atom stereocenters. The molecule has 0 bridgehead atoms. The zero-order valence-corrected chi connectivity index (χ0v) is 12.2. The van der Waals surface area contributed by atoms with Crippen molar-refractivity contribution in [2.75, 3.05) is 0 Å². The van der Waals surface area contributed by atoms with E-state index in [1.54, 1.807) is 6.07 Å². The van der Waals surface area contributed by atoms with E-state index in [1.807, 2.05) is 30.3 Å². The maximum atomic E-state index is 11.3. The monoisotopic (exact) mass is 309 g/mol. The summed E-state index contributed by atoms with van der Waals surface area (Å²) in [6, 6.07) is 13.6. The van der Waals surface area contributed by atoms with Crippen molar-refractivity contribution in [1.82, 2.24) is 9.97 Å². The van der Waals surface area contributed by atoms with Crippen molar-refractivity contribution in [3.63, 3.8) is 0 Å². The predicted molar refractivity (Wildman–Crippen MR) is 85.9 cm³/mol. The molecule has 0 amide bonds. The summed E-state index contributed by atoms with van der Waals surface area (Å²) < 4.78 is 0. The highest BCUT2D eigenvalue weighted by Gasteiger charge is 2.06. The van der Waals surface area contributed by atoms with E-state index in [0.29, 0.717) is 16.3 Å². The van der Waals surface area contributed by atoms with E-state index in [9.17, 15) is 9.59 Å². The molecular weight excluding hydrogens is 298 g/mol. The molecule has 0 spiro atoms. The molecule has 0 fully saturated rings. The molecule has 0 saturated heterocycles. The van der Waals surface area contributed by atoms with Crippen LogP contribution >= 0.6 is 11.8 Å². The second-order valence-corrected chi connectivity index (χ2v) is 5.67. The number of nitrogens with zero attached hydrogens (tertiary/aromatic N) is 1. The summed E-state index contributed by atoms with van der Waals surface area (Å²) in [6.07, 6.45) is 1.49. The lowest BCUT2D eigenvalue weighted by Gasteiger charge is -2.07. The van der Waals surface area contributed by atoms with Crippen LogP contribution in [-0.2, 0) is 5.75 Å². The summed E-state index contributed by atoms with van der Waals surface area (Å²) in [5.74, 6) is 0.619. The fraction of sp³-hybridized carbons (Fsp3) is 0.0625. The summed E-state index contributed by atoms with van der Waals surface area (Å²) in [4.78, 5) is 27.3. The summed E-state index contributed by atoms with van der Waals surface area (Å²) in [6.45, 7) is 0. The highest BCUT2D eigenvalue weighted by molar-refractivity contribution is 7.98. The Morgan fingerprint density at radius 1 is 1.05 bits per heavy atom. The summed E-state index contributed by atoms with van der Waals surface area (Å²) in [5.41, 5.74) is 0.385. The molecule has 2 N–H and O–H groups in total. The average Bonchev–Trinajstić information content (AvgIpc) is 2.55. The van der Waals surface area contributed by atoms with Crippen LogP contribution < -0.4 is 11.1 Å². The average molecular weight is 309 g/mol. The van der Waals surface area contributed by atoms with Gasteiger partial charge in [-0.05, 0) is 22.4 Å². The Morgan fingerprint density at radius 2 is 1.82 bits per heavy atom. The lowest BCUT2D eigenvalue weighted by Crippen LogP contribution is -2.28. The molecule has 108 valence electrons. The van der Waals surface area contributed by atoms with Crippen LogP contribution in [0.3, 0.4) is 0 Å². The molecule has 0 aliphatic heterocycles.